The van der Waals surface area contributed by atoms with Gasteiger partial charge in [0.2, 0.25) is 0 Å². The molecule has 0 aromatic rings. The van der Waals surface area contributed by atoms with Gasteiger partial charge in [-0.2, -0.15) is 0 Å². The van der Waals surface area contributed by atoms with E-state index in [-0.39, 0.29) is 24.1 Å². The van der Waals surface area contributed by atoms with E-state index in [1.807, 2.05) is 0 Å². The Labute approximate surface area is 89.9 Å². The Bertz CT molecular complexity index is 273. The van der Waals surface area contributed by atoms with Crippen LogP contribution in [0.15, 0.2) is 12.2 Å². The topological polar surface area (TPSA) is 63.6 Å². The molecular weight excluding hydrogens is 196 g/mol. The van der Waals surface area contributed by atoms with Crippen molar-refractivity contribution in [3.63, 3.8) is 0 Å². The van der Waals surface area contributed by atoms with Crippen molar-refractivity contribution >= 4 is 11.9 Å². The molecule has 1 unspecified atom stereocenters. The summed E-state index contributed by atoms with van der Waals surface area (Å²) >= 11 is 0. The molecule has 1 N–H and O–H groups in total. The van der Waals surface area contributed by atoms with E-state index >= 15 is 0 Å². The normalized spacial score (nSPS) is 13.1. The van der Waals surface area contributed by atoms with Crippen LogP contribution in [0.2, 0.25) is 0 Å². The van der Waals surface area contributed by atoms with Gasteiger partial charge in [0.05, 0.1) is 12.0 Å². The zero-order valence-corrected chi connectivity index (χ0v) is 9.66. The molecule has 0 spiro atoms. The maximum absolute atomic E-state index is 11.4. The lowest BCUT2D eigenvalue weighted by molar-refractivity contribution is -0.154. The lowest BCUT2D eigenvalue weighted by Crippen LogP contribution is -2.26. The maximum atomic E-state index is 11.4. The number of hydrogen-bond donors (Lipinski definition) is 1. The van der Waals surface area contributed by atoms with Crippen molar-refractivity contribution in [3.05, 3.63) is 12.2 Å². The molecule has 15 heavy (non-hydrogen) atoms. The summed E-state index contributed by atoms with van der Waals surface area (Å²) in [5.74, 6) is -1.77. The number of rotatable bonds is 4. The fraction of sp³-hybridized carbons (Fsp3) is 0.636. The molecule has 1 atom stereocenters. The third-order valence-corrected chi connectivity index (χ3v) is 1.95. The summed E-state index contributed by atoms with van der Waals surface area (Å²) < 4.78 is 4.98. The highest BCUT2D eigenvalue weighted by molar-refractivity contribution is 5.86. The average Bonchev–Trinajstić information content (AvgIpc) is 2.10. The molecule has 0 saturated heterocycles. The summed E-state index contributed by atoms with van der Waals surface area (Å²) in [5.41, 5.74) is -0.513. The summed E-state index contributed by atoms with van der Waals surface area (Å²) in [6.45, 7) is 10.3. The first kappa shape index (κ1) is 13.7. The van der Waals surface area contributed by atoms with E-state index in [9.17, 15) is 9.59 Å². The Kier molecular flexibility index (Phi) is 4.52. The Balaban J connectivity index is 4.13. The van der Waals surface area contributed by atoms with Crippen molar-refractivity contribution in [1.82, 2.24) is 0 Å². The summed E-state index contributed by atoms with van der Waals surface area (Å²) in [5, 5.41) is 8.64. The highest BCUT2D eigenvalue weighted by Gasteiger charge is 2.24. The van der Waals surface area contributed by atoms with Crippen LogP contribution >= 0.6 is 0 Å². The van der Waals surface area contributed by atoms with Crippen LogP contribution in [0.3, 0.4) is 0 Å². The van der Waals surface area contributed by atoms with E-state index in [0.717, 1.165) is 0 Å². The second-order valence-electron chi connectivity index (χ2n) is 4.58. The molecule has 86 valence electrons. The van der Waals surface area contributed by atoms with Crippen molar-refractivity contribution in [1.29, 1.82) is 0 Å². The van der Waals surface area contributed by atoms with E-state index < -0.39 is 11.4 Å². The van der Waals surface area contributed by atoms with Gasteiger partial charge in [0.15, 0.2) is 0 Å². The largest absolute Gasteiger partial charge is 0.478 e. The van der Waals surface area contributed by atoms with Crippen molar-refractivity contribution < 1.29 is 19.4 Å². The highest BCUT2D eigenvalue weighted by atomic mass is 16.5. The smallest absolute Gasteiger partial charge is 0.331 e. The van der Waals surface area contributed by atoms with Gasteiger partial charge in [0.25, 0.3) is 0 Å². The van der Waals surface area contributed by atoms with Gasteiger partial charge in [-0.05, 0) is 20.8 Å². The molecule has 0 aromatic carbocycles. The number of carbonyl (C=O) groups excluding carboxylic acids is 1. The molecule has 0 bridgehead atoms. The number of carbonyl (C=O) groups is 2. The van der Waals surface area contributed by atoms with Crippen LogP contribution in [0.4, 0.5) is 0 Å². The molecular formula is C11H18O4. The van der Waals surface area contributed by atoms with E-state index in [1.165, 1.54) is 0 Å². The molecule has 0 aliphatic rings. The van der Waals surface area contributed by atoms with Gasteiger partial charge in [0, 0.05) is 11.5 Å². The summed E-state index contributed by atoms with van der Waals surface area (Å²) in [4.78, 5) is 21.9. The molecule has 0 fully saturated rings. The first-order valence-electron chi connectivity index (χ1n) is 4.75. The van der Waals surface area contributed by atoms with Crippen LogP contribution in [-0.2, 0) is 14.3 Å². The standard InChI is InChI=1S/C11H18O4/c1-7(8(2)9(12)13)6-15-10(14)11(3,4)5/h7H,2,6H2,1,3-5H3,(H,12,13). The number of esters is 1. The quantitative estimate of drug-likeness (QED) is 0.573. The average molecular weight is 214 g/mol. The molecule has 0 radical (unpaired) electrons. The zero-order valence-electron chi connectivity index (χ0n) is 9.66. The number of carboxylic acids is 1. The van der Waals surface area contributed by atoms with Crippen molar-refractivity contribution in [2.75, 3.05) is 6.61 Å². The first-order chi connectivity index (χ1) is 6.66. The zero-order chi connectivity index (χ0) is 12.2. The van der Waals surface area contributed by atoms with Gasteiger partial charge in [-0.15, -0.1) is 0 Å². The van der Waals surface area contributed by atoms with Gasteiger partial charge in [-0.3, -0.25) is 4.79 Å². The summed E-state index contributed by atoms with van der Waals surface area (Å²) in [6, 6.07) is 0. The second-order valence-corrected chi connectivity index (χ2v) is 4.58. The van der Waals surface area contributed by atoms with Crippen LogP contribution in [0.25, 0.3) is 0 Å². The van der Waals surface area contributed by atoms with Crippen LogP contribution in [0, 0.1) is 11.3 Å². The Morgan fingerprint density at radius 2 is 1.87 bits per heavy atom. The van der Waals surface area contributed by atoms with Crippen LogP contribution in [-0.4, -0.2) is 23.7 Å². The molecule has 0 saturated carbocycles. The predicted molar refractivity (Wildman–Crippen MR) is 56.4 cm³/mol. The molecule has 4 heteroatoms. The molecule has 0 aliphatic carbocycles. The Morgan fingerprint density at radius 1 is 1.40 bits per heavy atom. The number of aliphatic carboxylic acids is 1. The second kappa shape index (κ2) is 4.96. The van der Waals surface area contributed by atoms with Crippen molar-refractivity contribution in [3.8, 4) is 0 Å². The number of carboxylic acid groups (broad SMARTS) is 1. The molecule has 4 nitrogen and oxygen atoms in total. The molecule has 0 aliphatic heterocycles. The van der Waals surface area contributed by atoms with Gasteiger partial charge in [0.1, 0.15) is 0 Å². The molecule has 0 amide bonds. The van der Waals surface area contributed by atoms with Crippen LogP contribution in [0.1, 0.15) is 27.7 Å². The minimum atomic E-state index is -1.06. The Morgan fingerprint density at radius 3 is 2.20 bits per heavy atom. The van der Waals surface area contributed by atoms with Crippen molar-refractivity contribution in [2.45, 2.75) is 27.7 Å². The maximum Gasteiger partial charge on any atom is 0.331 e. The molecule has 0 rings (SSSR count). The van der Waals surface area contributed by atoms with Gasteiger partial charge in [-0.1, -0.05) is 13.5 Å². The minimum Gasteiger partial charge on any atom is -0.478 e. The van der Waals surface area contributed by atoms with E-state index in [2.05, 4.69) is 6.58 Å². The summed E-state index contributed by atoms with van der Waals surface area (Å²) in [6.07, 6.45) is 0. The van der Waals surface area contributed by atoms with Crippen molar-refractivity contribution in [2.24, 2.45) is 11.3 Å². The fourth-order valence-corrected chi connectivity index (χ4v) is 0.729. The lowest BCUT2D eigenvalue weighted by Gasteiger charge is -2.18. The van der Waals surface area contributed by atoms with Gasteiger partial charge >= 0.3 is 11.9 Å². The lowest BCUT2D eigenvalue weighted by atomic mass is 9.97. The van der Waals surface area contributed by atoms with Crippen LogP contribution < -0.4 is 0 Å². The first-order valence-corrected chi connectivity index (χ1v) is 4.75. The highest BCUT2D eigenvalue weighted by Crippen LogP contribution is 2.17. The number of ether oxygens (including phenoxy) is 1. The van der Waals surface area contributed by atoms with E-state index in [1.54, 1.807) is 27.7 Å². The monoisotopic (exact) mass is 214 g/mol. The SMILES string of the molecule is C=C(C(=O)O)C(C)COC(=O)C(C)(C)C. The third kappa shape index (κ3) is 4.63. The predicted octanol–water partition coefficient (Wildman–Crippen LogP) is 1.85. The van der Waals surface area contributed by atoms with Gasteiger partial charge in [-0.25, -0.2) is 4.79 Å². The molecule has 0 aromatic heterocycles. The number of hydrogen-bond acceptors (Lipinski definition) is 3. The van der Waals surface area contributed by atoms with E-state index in [4.69, 9.17) is 9.84 Å². The summed E-state index contributed by atoms with van der Waals surface area (Å²) in [7, 11) is 0. The fourth-order valence-electron chi connectivity index (χ4n) is 0.729. The Hall–Kier alpha value is -1.32. The molecule has 0 heterocycles. The van der Waals surface area contributed by atoms with Gasteiger partial charge < -0.3 is 9.84 Å². The minimum absolute atomic E-state index is 0.0525. The van der Waals surface area contributed by atoms with Crippen LogP contribution in [0.5, 0.6) is 0 Å². The third-order valence-electron chi connectivity index (χ3n) is 1.95. The van der Waals surface area contributed by atoms with E-state index in [0.29, 0.717) is 0 Å².